The number of halogens is 10. The number of hydrogen-bond acceptors (Lipinski definition) is 2. The number of ketones is 1. The van der Waals surface area contributed by atoms with Crippen LogP contribution < -0.4 is 10.7 Å². The largest absolute Gasteiger partial charge is 0.361 e. The third kappa shape index (κ3) is 4.03. The maximum atomic E-state index is 14.8. The van der Waals surface area contributed by atoms with Crippen molar-refractivity contribution in [3.8, 4) is 0 Å². The molecule has 0 atom stereocenters. The summed E-state index contributed by atoms with van der Waals surface area (Å²) in [6, 6.07) is 4.46. The maximum Gasteiger partial charge on any atom is 0.200 e. The predicted octanol–water partition coefficient (Wildman–Crippen LogP) is 4.72. The number of nitrogens with one attached hydrogen (secondary N) is 2. The number of aliphatic imine (C=N–C) groups is 1. The molecule has 2 aromatic heterocycles. The van der Waals surface area contributed by atoms with Crippen molar-refractivity contribution < 1.29 is 48.7 Å². The molecule has 40 heavy (non-hydrogen) atoms. The lowest BCUT2D eigenvalue weighted by Gasteiger charge is -2.12. The maximum absolute atomic E-state index is 14.8. The van der Waals surface area contributed by atoms with E-state index in [0.29, 0.717) is 12.3 Å². The van der Waals surface area contributed by atoms with E-state index in [0.717, 1.165) is 12.1 Å². The average molecular weight is 569 g/mol. The highest BCUT2D eigenvalue weighted by atomic mass is 19.2. The Hall–Kier alpha value is -4.88. The standard InChI is InChI=1S/C26H9F10N3O/c27-17-15(18(28)22(32)25(35)21(17)31)13(9-2-1-5-37-9)10-3-4-11(39-10)14(12-6-8(40)7-38-12)16-19(29)23(33)26(36)24(34)20(16)30/h1-7,37,39H/b13-10+,14-11-. The van der Waals surface area contributed by atoms with E-state index in [4.69, 9.17) is 0 Å². The molecule has 2 aromatic carbocycles. The molecule has 1 aliphatic heterocycles. The summed E-state index contributed by atoms with van der Waals surface area (Å²) in [5.41, 5.74) is -5.12. The summed E-state index contributed by atoms with van der Waals surface area (Å²) < 4.78 is 143. The van der Waals surface area contributed by atoms with Crippen molar-refractivity contribution in [1.82, 2.24) is 9.97 Å². The Kier molecular flexibility index (Phi) is 6.48. The van der Waals surface area contributed by atoms with Crippen LogP contribution in [-0.4, -0.2) is 22.0 Å². The van der Waals surface area contributed by atoms with Gasteiger partial charge in [-0.3, -0.25) is 9.79 Å². The first-order chi connectivity index (χ1) is 18.9. The van der Waals surface area contributed by atoms with Gasteiger partial charge in [0.05, 0.1) is 23.0 Å². The highest BCUT2D eigenvalue weighted by Gasteiger charge is 2.32. The van der Waals surface area contributed by atoms with Crippen molar-refractivity contribution in [2.75, 3.05) is 0 Å². The second-order valence-corrected chi connectivity index (χ2v) is 8.20. The number of H-pyrrole nitrogens is 2. The Morgan fingerprint density at radius 1 is 0.600 bits per heavy atom. The van der Waals surface area contributed by atoms with Crippen LogP contribution in [0.3, 0.4) is 0 Å². The van der Waals surface area contributed by atoms with Crippen molar-refractivity contribution in [3.05, 3.63) is 128 Å². The second kappa shape index (κ2) is 9.70. The van der Waals surface area contributed by atoms with Gasteiger partial charge in [0.15, 0.2) is 52.3 Å². The van der Waals surface area contributed by atoms with Crippen LogP contribution >= 0.6 is 0 Å². The minimum atomic E-state index is -2.46. The molecule has 204 valence electrons. The summed E-state index contributed by atoms with van der Waals surface area (Å²) in [5, 5.41) is -0.917. The second-order valence-electron chi connectivity index (χ2n) is 8.20. The SMILES string of the molecule is O=C1C=NC(/C(c2c(F)c(F)c(F)c(F)c2F)=c2\cc/c(=C(/c3ccc[nH]3)c3c(F)c(F)c(F)c(F)c3F)[nH]2)=C1. The summed E-state index contributed by atoms with van der Waals surface area (Å²) in [6.45, 7) is 0. The molecule has 5 rings (SSSR count). The van der Waals surface area contributed by atoms with Crippen LogP contribution in [0.25, 0.3) is 11.1 Å². The van der Waals surface area contributed by atoms with Crippen molar-refractivity contribution in [2.45, 2.75) is 0 Å². The first kappa shape index (κ1) is 26.7. The first-order valence-electron chi connectivity index (χ1n) is 10.8. The number of carbonyl (C=O) groups excluding carboxylic acids is 1. The fourth-order valence-corrected chi connectivity index (χ4v) is 4.12. The van der Waals surface area contributed by atoms with Crippen LogP contribution in [0.2, 0.25) is 0 Å². The van der Waals surface area contributed by atoms with Gasteiger partial charge in [-0.25, -0.2) is 43.9 Å². The van der Waals surface area contributed by atoms with Gasteiger partial charge in [0, 0.05) is 39.8 Å². The third-order valence-electron chi connectivity index (χ3n) is 5.88. The molecule has 0 fully saturated rings. The minimum Gasteiger partial charge on any atom is -0.361 e. The molecule has 3 heterocycles. The van der Waals surface area contributed by atoms with Crippen molar-refractivity contribution in [1.29, 1.82) is 0 Å². The zero-order valence-corrected chi connectivity index (χ0v) is 19.2. The van der Waals surface area contributed by atoms with E-state index in [1.165, 1.54) is 18.3 Å². The summed E-state index contributed by atoms with van der Waals surface area (Å²) in [5.74, 6) is -23.8. The Morgan fingerprint density at radius 3 is 1.48 bits per heavy atom. The lowest BCUT2D eigenvalue weighted by molar-refractivity contribution is -0.108. The Balaban J connectivity index is 1.96. The van der Waals surface area contributed by atoms with Gasteiger partial charge in [-0.1, -0.05) is 0 Å². The quantitative estimate of drug-likeness (QED) is 0.209. The van der Waals surface area contributed by atoms with Gasteiger partial charge in [-0.15, -0.1) is 0 Å². The van der Waals surface area contributed by atoms with E-state index < -0.39 is 103 Å². The highest BCUT2D eigenvalue weighted by Crippen LogP contribution is 2.33. The molecule has 0 radical (unpaired) electrons. The molecule has 0 bridgehead atoms. The fourth-order valence-electron chi connectivity index (χ4n) is 4.12. The van der Waals surface area contributed by atoms with Gasteiger partial charge in [0.1, 0.15) is 0 Å². The molecule has 0 saturated carbocycles. The molecule has 0 unspecified atom stereocenters. The molecular weight excluding hydrogens is 560 g/mol. The van der Waals surface area contributed by atoms with Gasteiger partial charge in [0.25, 0.3) is 0 Å². The molecule has 2 N–H and O–H groups in total. The average Bonchev–Trinajstić information content (AvgIpc) is 3.72. The topological polar surface area (TPSA) is 61.0 Å². The van der Waals surface area contributed by atoms with Crippen molar-refractivity contribution >= 4 is 23.1 Å². The van der Waals surface area contributed by atoms with Crippen LogP contribution in [0.5, 0.6) is 0 Å². The summed E-state index contributed by atoms with van der Waals surface area (Å²) in [6.07, 6.45) is 2.66. The van der Waals surface area contributed by atoms with E-state index in [1.807, 2.05) is 0 Å². The molecule has 0 spiro atoms. The lowest BCUT2D eigenvalue weighted by atomic mass is 10.00. The molecule has 4 nitrogen and oxygen atoms in total. The molecule has 0 amide bonds. The van der Waals surface area contributed by atoms with E-state index in [2.05, 4.69) is 15.0 Å². The number of benzene rings is 2. The number of aromatic nitrogens is 2. The first-order valence-corrected chi connectivity index (χ1v) is 10.8. The molecule has 0 saturated heterocycles. The normalized spacial score (nSPS) is 14.7. The van der Waals surface area contributed by atoms with Gasteiger partial charge >= 0.3 is 0 Å². The van der Waals surface area contributed by atoms with E-state index in [1.54, 1.807) is 0 Å². The van der Waals surface area contributed by atoms with Gasteiger partial charge in [0.2, 0.25) is 11.6 Å². The fraction of sp³-hybridized carbons (Fsp3) is 0. The Morgan fingerprint density at radius 2 is 1.05 bits per heavy atom. The predicted molar refractivity (Wildman–Crippen MR) is 119 cm³/mol. The van der Waals surface area contributed by atoms with Crippen molar-refractivity contribution in [3.63, 3.8) is 0 Å². The zero-order valence-electron chi connectivity index (χ0n) is 19.2. The summed E-state index contributed by atoms with van der Waals surface area (Å²) in [7, 11) is 0. The number of carbonyl (C=O) groups is 1. The van der Waals surface area contributed by atoms with E-state index >= 15 is 0 Å². The number of aromatic amines is 2. The molecule has 14 heteroatoms. The number of hydrogen-bond donors (Lipinski definition) is 2. The van der Waals surface area contributed by atoms with Crippen LogP contribution in [0.15, 0.2) is 47.2 Å². The molecular formula is C26H9F10N3O. The monoisotopic (exact) mass is 569 g/mol. The summed E-state index contributed by atoms with van der Waals surface area (Å²) in [4.78, 5) is 20.4. The van der Waals surface area contributed by atoms with E-state index in [-0.39, 0.29) is 5.69 Å². The van der Waals surface area contributed by atoms with Crippen LogP contribution in [0, 0.1) is 58.2 Å². The van der Waals surface area contributed by atoms with E-state index in [9.17, 15) is 48.7 Å². The van der Waals surface area contributed by atoms with Gasteiger partial charge in [-0.05, 0) is 24.3 Å². The zero-order chi connectivity index (χ0) is 29.0. The van der Waals surface area contributed by atoms with Gasteiger partial charge in [-0.2, -0.15) is 0 Å². The van der Waals surface area contributed by atoms with Crippen molar-refractivity contribution in [2.24, 2.45) is 4.99 Å². The minimum absolute atomic E-state index is 0.192. The number of allylic oxidation sites excluding steroid dienone is 2. The lowest BCUT2D eigenvalue weighted by Crippen LogP contribution is -2.21. The number of nitrogens with zero attached hydrogens (tertiary/aromatic N) is 1. The Bertz CT molecular complexity index is 1860. The smallest absolute Gasteiger partial charge is 0.200 e. The van der Waals surface area contributed by atoms with Crippen LogP contribution in [0.4, 0.5) is 43.9 Å². The van der Waals surface area contributed by atoms with Gasteiger partial charge < -0.3 is 9.97 Å². The van der Waals surface area contributed by atoms with Crippen LogP contribution in [-0.2, 0) is 4.79 Å². The molecule has 0 aliphatic carbocycles. The van der Waals surface area contributed by atoms with Crippen LogP contribution in [0.1, 0.15) is 16.8 Å². The highest BCUT2D eigenvalue weighted by molar-refractivity contribution is 6.35. The number of rotatable bonds is 4. The molecule has 1 aliphatic rings. The Labute approximate surface area is 215 Å². The third-order valence-corrected chi connectivity index (χ3v) is 5.88. The summed E-state index contributed by atoms with van der Waals surface area (Å²) >= 11 is 0. The molecule has 4 aromatic rings.